The molecule has 0 aliphatic rings. The summed E-state index contributed by atoms with van der Waals surface area (Å²) in [6.45, 7) is 2.13. The van der Waals surface area contributed by atoms with Crippen LogP contribution in [0, 0.1) is 0 Å². The lowest BCUT2D eigenvalue weighted by molar-refractivity contribution is 0.220. The van der Waals surface area contributed by atoms with Crippen molar-refractivity contribution in [2.45, 2.75) is 19.4 Å². The van der Waals surface area contributed by atoms with Gasteiger partial charge in [-0.3, -0.25) is 0 Å². The van der Waals surface area contributed by atoms with Crippen LogP contribution in [0.4, 0.5) is 0 Å². The van der Waals surface area contributed by atoms with Gasteiger partial charge in [0.2, 0.25) is 0 Å². The van der Waals surface area contributed by atoms with Crippen LogP contribution in [0.25, 0.3) is 0 Å². The molecule has 0 aliphatic heterocycles. The number of nitrogens with zero attached hydrogens (tertiary/aromatic N) is 1. The Hall–Kier alpha value is -0.800. The van der Waals surface area contributed by atoms with E-state index < -0.39 is 0 Å². The summed E-state index contributed by atoms with van der Waals surface area (Å²) in [7, 11) is 3.96. The molecule has 0 radical (unpaired) electrons. The van der Waals surface area contributed by atoms with Gasteiger partial charge in [0.1, 0.15) is 5.76 Å². The zero-order valence-electron chi connectivity index (χ0n) is 7.87. The van der Waals surface area contributed by atoms with Crippen molar-refractivity contribution in [1.82, 2.24) is 10.4 Å². The fourth-order valence-electron chi connectivity index (χ4n) is 1.16. The Morgan fingerprint density at radius 2 is 2.33 bits per heavy atom. The van der Waals surface area contributed by atoms with Gasteiger partial charge in [0.05, 0.1) is 12.3 Å². The second-order valence-electron chi connectivity index (χ2n) is 3.00. The van der Waals surface area contributed by atoms with Gasteiger partial charge < -0.3 is 4.42 Å². The van der Waals surface area contributed by atoms with Crippen molar-refractivity contribution in [3.05, 3.63) is 24.2 Å². The lowest BCUT2D eigenvalue weighted by atomic mass is 10.2. The minimum atomic E-state index is 0.287. The maximum Gasteiger partial charge on any atom is 0.122 e. The lowest BCUT2D eigenvalue weighted by Crippen LogP contribution is -2.33. The van der Waals surface area contributed by atoms with Crippen LogP contribution in [0.15, 0.2) is 22.8 Å². The third kappa shape index (κ3) is 2.36. The molecule has 0 aromatic carbocycles. The molecule has 0 fully saturated rings. The van der Waals surface area contributed by atoms with Crippen molar-refractivity contribution in [3.8, 4) is 0 Å². The van der Waals surface area contributed by atoms with Crippen LogP contribution in [0.1, 0.15) is 25.1 Å². The molecule has 1 atom stereocenters. The van der Waals surface area contributed by atoms with Gasteiger partial charge >= 0.3 is 0 Å². The summed E-state index contributed by atoms with van der Waals surface area (Å²) in [5.74, 6) is 0.992. The molecule has 1 N–H and O–H groups in total. The smallest absolute Gasteiger partial charge is 0.122 e. The standard InChI is InChI=1S/C9H16N2O/c1-4-8(10-11(2)3)9-6-5-7-12-9/h5-8,10H,4H2,1-3H3. The molecule has 3 heteroatoms. The predicted molar refractivity (Wildman–Crippen MR) is 48.6 cm³/mol. The van der Waals surface area contributed by atoms with Crippen molar-refractivity contribution in [2.75, 3.05) is 14.1 Å². The molecule has 0 saturated heterocycles. The molecule has 1 unspecified atom stereocenters. The number of furan rings is 1. The van der Waals surface area contributed by atoms with Crippen molar-refractivity contribution in [3.63, 3.8) is 0 Å². The first-order valence-electron chi connectivity index (χ1n) is 4.21. The molecule has 12 heavy (non-hydrogen) atoms. The first kappa shape index (κ1) is 9.29. The largest absolute Gasteiger partial charge is 0.468 e. The van der Waals surface area contributed by atoms with Crippen LogP contribution in [0.3, 0.4) is 0 Å². The monoisotopic (exact) mass is 168 g/mol. The molecule has 0 amide bonds. The van der Waals surface area contributed by atoms with E-state index in [1.165, 1.54) is 0 Å². The van der Waals surface area contributed by atoms with Gasteiger partial charge in [0, 0.05) is 14.1 Å². The summed E-state index contributed by atoms with van der Waals surface area (Å²) in [6.07, 6.45) is 2.72. The molecular weight excluding hydrogens is 152 g/mol. The number of hydrazine groups is 1. The van der Waals surface area contributed by atoms with Crippen molar-refractivity contribution in [2.24, 2.45) is 0 Å². The third-order valence-electron chi connectivity index (χ3n) is 1.71. The maximum atomic E-state index is 5.30. The molecule has 3 nitrogen and oxygen atoms in total. The zero-order chi connectivity index (χ0) is 8.97. The molecule has 0 bridgehead atoms. The Bertz CT molecular complexity index is 206. The van der Waals surface area contributed by atoms with Gasteiger partial charge in [0.15, 0.2) is 0 Å². The molecule has 1 aromatic rings. The summed E-state index contributed by atoms with van der Waals surface area (Å²) in [4.78, 5) is 0. The van der Waals surface area contributed by atoms with E-state index in [9.17, 15) is 0 Å². The highest BCUT2D eigenvalue weighted by Crippen LogP contribution is 2.16. The van der Waals surface area contributed by atoms with E-state index in [0.29, 0.717) is 0 Å². The van der Waals surface area contributed by atoms with Crippen LogP contribution in [-0.2, 0) is 0 Å². The second-order valence-corrected chi connectivity index (χ2v) is 3.00. The molecule has 1 aromatic heterocycles. The number of hydrogen-bond donors (Lipinski definition) is 1. The first-order valence-corrected chi connectivity index (χ1v) is 4.21. The van der Waals surface area contributed by atoms with E-state index in [2.05, 4.69) is 12.3 Å². The predicted octanol–water partition coefficient (Wildman–Crippen LogP) is 1.80. The average molecular weight is 168 g/mol. The second kappa shape index (κ2) is 4.28. The Balaban J connectivity index is 2.57. The Morgan fingerprint density at radius 3 is 2.75 bits per heavy atom. The summed E-state index contributed by atoms with van der Waals surface area (Å²) < 4.78 is 5.30. The Morgan fingerprint density at radius 1 is 1.58 bits per heavy atom. The minimum absolute atomic E-state index is 0.287. The highest BCUT2D eigenvalue weighted by molar-refractivity contribution is 5.03. The molecule has 1 rings (SSSR count). The van der Waals surface area contributed by atoms with Crippen molar-refractivity contribution < 1.29 is 4.42 Å². The Kier molecular flexibility index (Phi) is 3.31. The number of rotatable bonds is 4. The minimum Gasteiger partial charge on any atom is -0.468 e. The van der Waals surface area contributed by atoms with Crippen LogP contribution < -0.4 is 5.43 Å². The normalized spacial score (nSPS) is 13.7. The summed E-state index contributed by atoms with van der Waals surface area (Å²) in [5.41, 5.74) is 3.27. The molecule has 0 saturated carbocycles. The summed E-state index contributed by atoms with van der Waals surface area (Å²) in [5, 5.41) is 1.94. The van der Waals surface area contributed by atoms with Gasteiger partial charge in [-0.15, -0.1) is 0 Å². The van der Waals surface area contributed by atoms with E-state index in [0.717, 1.165) is 12.2 Å². The molecule has 0 spiro atoms. The van der Waals surface area contributed by atoms with E-state index in [1.54, 1.807) is 6.26 Å². The quantitative estimate of drug-likeness (QED) is 0.695. The van der Waals surface area contributed by atoms with Crippen LogP contribution in [0.5, 0.6) is 0 Å². The van der Waals surface area contributed by atoms with Crippen molar-refractivity contribution >= 4 is 0 Å². The van der Waals surface area contributed by atoms with E-state index in [-0.39, 0.29) is 6.04 Å². The van der Waals surface area contributed by atoms with Crippen LogP contribution in [-0.4, -0.2) is 19.1 Å². The van der Waals surface area contributed by atoms with E-state index in [4.69, 9.17) is 4.42 Å². The van der Waals surface area contributed by atoms with Gasteiger partial charge in [-0.05, 0) is 18.6 Å². The maximum absolute atomic E-state index is 5.30. The van der Waals surface area contributed by atoms with Crippen LogP contribution in [0.2, 0.25) is 0 Å². The van der Waals surface area contributed by atoms with Gasteiger partial charge in [-0.2, -0.15) is 0 Å². The SMILES string of the molecule is CCC(NN(C)C)c1ccco1. The average Bonchev–Trinajstić information content (AvgIpc) is 2.51. The third-order valence-corrected chi connectivity index (χ3v) is 1.71. The summed E-state index contributed by atoms with van der Waals surface area (Å²) >= 11 is 0. The lowest BCUT2D eigenvalue weighted by Gasteiger charge is -2.19. The summed E-state index contributed by atoms with van der Waals surface area (Å²) in [6, 6.07) is 4.19. The first-order chi connectivity index (χ1) is 5.74. The Labute approximate surface area is 73.3 Å². The molecule has 1 heterocycles. The topological polar surface area (TPSA) is 28.4 Å². The van der Waals surface area contributed by atoms with Gasteiger partial charge in [-0.1, -0.05) is 6.92 Å². The van der Waals surface area contributed by atoms with Gasteiger partial charge in [-0.25, -0.2) is 10.4 Å². The zero-order valence-corrected chi connectivity index (χ0v) is 7.87. The molecule has 0 aliphatic carbocycles. The van der Waals surface area contributed by atoms with Gasteiger partial charge in [0.25, 0.3) is 0 Å². The molecular formula is C9H16N2O. The highest BCUT2D eigenvalue weighted by Gasteiger charge is 2.11. The van der Waals surface area contributed by atoms with E-state index in [1.807, 2.05) is 31.2 Å². The fourth-order valence-corrected chi connectivity index (χ4v) is 1.16. The highest BCUT2D eigenvalue weighted by atomic mass is 16.3. The number of nitrogens with one attached hydrogen (secondary N) is 1. The van der Waals surface area contributed by atoms with Crippen LogP contribution >= 0.6 is 0 Å². The fraction of sp³-hybridized carbons (Fsp3) is 0.556. The molecule has 68 valence electrons. The number of hydrogen-bond acceptors (Lipinski definition) is 3. The van der Waals surface area contributed by atoms with Crippen molar-refractivity contribution in [1.29, 1.82) is 0 Å². The van der Waals surface area contributed by atoms with E-state index >= 15 is 0 Å².